The summed E-state index contributed by atoms with van der Waals surface area (Å²) >= 11 is 0. The van der Waals surface area contributed by atoms with Crippen molar-refractivity contribution in [1.29, 1.82) is 0 Å². The summed E-state index contributed by atoms with van der Waals surface area (Å²) in [6.07, 6.45) is 10.1. The molecule has 2 unspecified atom stereocenters. The van der Waals surface area contributed by atoms with Gasteiger partial charge in [0.2, 0.25) is 0 Å². The van der Waals surface area contributed by atoms with Crippen molar-refractivity contribution in [3.05, 3.63) is 58.3 Å². The Labute approximate surface area is 231 Å². The number of aliphatic hydroxyl groups is 1. The van der Waals surface area contributed by atoms with Gasteiger partial charge >= 0.3 is 0 Å². The molecular weight excluding hydrogens is 497 g/mol. The third-order valence-corrected chi connectivity index (χ3v) is 7.61. The first-order chi connectivity index (χ1) is 18.7. The lowest BCUT2D eigenvalue weighted by Gasteiger charge is -2.31. The Morgan fingerprint density at radius 3 is 2.64 bits per heavy atom. The summed E-state index contributed by atoms with van der Waals surface area (Å²) in [5.74, 6) is 0.0819. The highest BCUT2D eigenvalue weighted by atomic mass is 19.1. The van der Waals surface area contributed by atoms with Gasteiger partial charge in [0.15, 0.2) is 11.6 Å². The third kappa shape index (κ3) is 6.67. The fourth-order valence-corrected chi connectivity index (χ4v) is 5.29. The highest BCUT2D eigenvalue weighted by Gasteiger charge is 2.29. The van der Waals surface area contributed by atoms with Crippen LogP contribution in [0.5, 0.6) is 5.75 Å². The summed E-state index contributed by atoms with van der Waals surface area (Å²) in [5, 5.41) is 7.00. The maximum Gasteiger partial charge on any atom is 0.272 e. The van der Waals surface area contributed by atoms with Gasteiger partial charge in [-0.3, -0.25) is 4.79 Å². The zero-order chi connectivity index (χ0) is 28.7. The van der Waals surface area contributed by atoms with Gasteiger partial charge < -0.3 is 24.4 Å². The van der Waals surface area contributed by atoms with E-state index in [9.17, 15) is 9.59 Å². The zero-order valence-electron chi connectivity index (χ0n) is 24.1. The number of benzene rings is 1. The van der Waals surface area contributed by atoms with Crippen molar-refractivity contribution in [3.63, 3.8) is 0 Å². The number of ether oxygens (including phenoxy) is 1. The van der Waals surface area contributed by atoms with Crippen LogP contribution in [0.4, 0.5) is 4.39 Å². The van der Waals surface area contributed by atoms with E-state index in [1.165, 1.54) is 0 Å². The molecule has 0 saturated carbocycles. The largest absolute Gasteiger partial charge is 0.489 e. The number of aldehydes is 1. The minimum Gasteiger partial charge on any atom is -0.489 e. The summed E-state index contributed by atoms with van der Waals surface area (Å²) < 4.78 is 21.4. The highest BCUT2D eigenvalue weighted by molar-refractivity contribution is 6.43. The smallest absolute Gasteiger partial charge is 0.272 e. The summed E-state index contributed by atoms with van der Waals surface area (Å²) in [4.78, 5) is 33.5. The van der Waals surface area contributed by atoms with Crippen LogP contribution >= 0.6 is 0 Å². The fraction of sp³-hybridized carbons (Fsp3) is 0.516. The van der Waals surface area contributed by atoms with Crippen LogP contribution in [0.3, 0.4) is 0 Å². The molecule has 1 aromatic carbocycles. The summed E-state index contributed by atoms with van der Waals surface area (Å²) in [5.41, 5.74) is 4.14. The van der Waals surface area contributed by atoms with Crippen LogP contribution in [0.15, 0.2) is 46.4 Å². The van der Waals surface area contributed by atoms with Crippen molar-refractivity contribution in [3.8, 4) is 5.75 Å². The second-order valence-corrected chi connectivity index (χ2v) is 10.5. The van der Waals surface area contributed by atoms with Crippen molar-refractivity contribution in [1.82, 2.24) is 9.80 Å². The predicted molar refractivity (Wildman–Crippen MR) is 153 cm³/mol. The van der Waals surface area contributed by atoms with Crippen molar-refractivity contribution < 1.29 is 23.8 Å². The average molecular weight is 540 g/mol. The minimum atomic E-state index is -0.432. The van der Waals surface area contributed by atoms with E-state index in [1.807, 2.05) is 48.9 Å². The van der Waals surface area contributed by atoms with Gasteiger partial charge in [-0.1, -0.05) is 37.5 Å². The number of amides is 1. The second kappa shape index (κ2) is 13.7. The summed E-state index contributed by atoms with van der Waals surface area (Å²) in [6, 6.07) is 3.77. The monoisotopic (exact) mass is 539 g/mol. The Hall–Kier alpha value is -3.26. The van der Waals surface area contributed by atoms with Crippen LogP contribution in [0, 0.1) is 11.7 Å². The van der Waals surface area contributed by atoms with Crippen LogP contribution in [0.2, 0.25) is 0 Å². The van der Waals surface area contributed by atoms with E-state index in [1.54, 1.807) is 6.07 Å². The topological polar surface area (TPSA) is 82.4 Å². The van der Waals surface area contributed by atoms with E-state index in [0.717, 1.165) is 63.3 Å². The highest BCUT2D eigenvalue weighted by Crippen LogP contribution is 2.36. The number of carbonyl (C=O) groups is 2. The number of halogens is 1. The molecule has 0 radical (unpaired) electrons. The Morgan fingerprint density at radius 2 is 1.97 bits per heavy atom. The first-order valence-electron chi connectivity index (χ1n) is 13.8. The maximum atomic E-state index is 15.7. The zero-order valence-corrected chi connectivity index (χ0v) is 24.1. The molecule has 1 N–H and O–H groups in total. The van der Waals surface area contributed by atoms with Crippen molar-refractivity contribution in [2.24, 2.45) is 10.9 Å². The lowest BCUT2D eigenvalue weighted by molar-refractivity contribution is -0.125. The molecule has 4 rings (SSSR count). The molecule has 1 aromatic rings. The molecule has 8 heteroatoms. The molecule has 1 saturated heterocycles. The van der Waals surface area contributed by atoms with Crippen LogP contribution in [-0.4, -0.2) is 66.2 Å². The predicted octanol–water partition coefficient (Wildman–Crippen LogP) is 5.29. The number of likely N-dealkylation sites (tertiary alicyclic amines) is 1. The van der Waals surface area contributed by atoms with Gasteiger partial charge in [-0.15, -0.1) is 0 Å². The molecule has 1 fully saturated rings. The molecule has 3 heterocycles. The van der Waals surface area contributed by atoms with Crippen LogP contribution in [-0.2, 0) is 16.0 Å². The number of rotatable bonds is 5. The standard InChI is InChI=1S/C30H38FN3O3.CH4O/c1-6-23-15-26(30(36)34-13-9-7-8-10-20(34)4)32-27(33(23)5)16-25(19(2)3)24-12-11-22-14-21(17-35)18-37-29(22)28(24)31;1-2/h11-12,15-17,20-21H,6-10,13-14,18H2,1-5H3;2H,1H3/b27-16-;. The molecule has 212 valence electrons. The molecule has 3 aliphatic rings. The quantitative estimate of drug-likeness (QED) is 0.514. The van der Waals surface area contributed by atoms with E-state index < -0.39 is 5.82 Å². The van der Waals surface area contributed by atoms with E-state index >= 15 is 4.39 Å². The molecule has 2 atom stereocenters. The van der Waals surface area contributed by atoms with E-state index in [-0.39, 0.29) is 30.2 Å². The molecule has 7 nitrogen and oxygen atoms in total. The number of allylic oxidation sites excluding steroid dienone is 4. The minimum absolute atomic E-state index is 0.0452. The summed E-state index contributed by atoms with van der Waals surface area (Å²) in [7, 11) is 2.93. The number of aliphatic hydroxyl groups excluding tert-OH is 1. The number of carbonyl (C=O) groups excluding carboxylic acids is 2. The molecule has 0 bridgehead atoms. The van der Waals surface area contributed by atoms with Gasteiger partial charge in [-0.25, -0.2) is 9.38 Å². The molecule has 3 aliphatic heterocycles. The van der Waals surface area contributed by atoms with Gasteiger partial charge in [-0.05, 0) is 69.7 Å². The van der Waals surface area contributed by atoms with Crippen LogP contribution in [0.1, 0.15) is 70.9 Å². The van der Waals surface area contributed by atoms with Gasteiger partial charge in [0, 0.05) is 38.0 Å². The number of aliphatic imine (C=N–C) groups is 1. The first kappa shape index (κ1) is 30.3. The van der Waals surface area contributed by atoms with E-state index in [4.69, 9.17) is 14.8 Å². The molecule has 0 spiro atoms. The Bertz CT molecular complexity index is 1200. The van der Waals surface area contributed by atoms with Crippen LogP contribution in [0.25, 0.3) is 5.57 Å². The van der Waals surface area contributed by atoms with E-state index in [2.05, 4.69) is 13.8 Å². The Morgan fingerprint density at radius 1 is 1.23 bits per heavy atom. The first-order valence-corrected chi connectivity index (χ1v) is 13.8. The maximum absolute atomic E-state index is 15.7. The number of hydrogen-bond acceptors (Lipinski definition) is 6. The Balaban J connectivity index is 0.00000205. The molecule has 0 aliphatic carbocycles. The average Bonchev–Trinajstić information content (AvgIpc) is 3.17. The van der Waals surface area contributed by atoms with Gasteiger partial charge in [0.1, 0.15) is 17.8 Å². The number of hydrogen-bond donors (Lipinski definition) is 1. The van der Waals surface area contributed by atoms with Gasteiger partial charge in [0.05, 0.1) is 12.5 Å². The third-order valence-electron chi connectivity index (χ3n) is 7.61. The normalized spacial score (nSPS) is 21.9. The van der Waals surface area contributed by atoms with Crippen molar-refractivity contribution >= 4 is 23.5 Å². The molecule has 0 aromatic heterocycles. The van der Waals surface area contributed by atoms with Gasteiger partial charge in [-0.2, -0.15) is 0 Å². The fourth-order valence-electron chi connectivity index (χ4n) is 5.29. The SMILES string of the molecule is CCC1=CC(C(=O)N2CCCCCC2C)=N/C(=C/C(=C(C)C)c2ccc3c(c2F)OCC(C=O)C3)N1C.CO. The van der Waals surface area contributed by atoms with E-state index in [0.29, 0.717) is 34.7 Å². The van der Waals surface area contributed by atoms with Crippen molar-refractivity contribution in [2.45, 2.75) is 72.3 Å². The van der Waals surface area contributed by atoms with Crippen molar-refractivity contribution in [2.75, 3.05) is 27.3 Å². The summed E-state index contributed by atoms with van der Waals surface area (Å²) in [6.45, 7) is 8.95. The Kier molecular flexibility index (Phi) is 10.6. The van der Waals surface area contributed by atoms with Gasteiger partial charge in [0.25, 0.3) is 5.91 Å². The second-order valence-electron chi connectivity index (χ2n) is 10.5. The number of nitrogens with zero attached hydrogens (tertiary/aromatic N) is 3. The lowest BCUT2D eigenvalue weighted by atomic mass is 9.93. The lowest BCUT2D eigenvalue weighted by Crippen LogP contribution is -2.43. The van der Waals surface area contributed by atoms with Crippen LogP contribution < -0.4 is 4.74 Å². The molecule has 1 amide bonds. The molecular formula is C31H42FN3O4. The number of fused-ring (bicyclic) bond motifs is 1. The molecule has 39 heavy (non-hydrogen) atoms.